The fraction of sp³-hybridized carbons (Fsp3) is 0.389. The second-order valence-corrected chi connectivity index (χ2v) is 12.0. The molecule has 7 nitrogen and oxygen atoms in total. The van der Waals surface area contributed by atoms with Crippen molar-refractivity contribution in [2.24, 2.45) is 0 Å². The van der Waals surface area contributed by atoms with Crippen LogP contribution in [-0.2, 0) is 37.0 Å². The molecule has 1 unspecified atom stereocenters. The van der Waals surface area contributed by atoms with Crippen molar-refractivity contribution in [3.05, 3.63) is 52.9 Å². The Kier molecular flexibility index (Phi) is 6.23. The normalized spacial score (nSPS) is 18.2. The standard InChI is InChI=1S/C18H22N2O5S3/c1-27(22,23)13-15-8-6-14(7-9-15)12-19-18(21)16-4-2-10-20(16)28(24,25)17-5-3-11-26-17/h3,5-9,11,16H,2,4,10,12-13H2,1H3,(H,19,21). The average Bonchev–Trinajstić information content (AvgIpc) is 3.31. The SMILES string of the molecule is CS(=O)(=O)Cc1ccc(CNC(=O)C2CCCN2S(=O)(=O)c2cccs2)cc1. The van der Waals surface area contributed by atoms with Crippen molar-refractivity contribution < 1.29 is 21.6 Å². The van der Waals surface area contributed by atoms with Crippen LogP contribution in [0.5, 0.6) is 0 Å². The highest BCUT2D eigenvalue weighted by atomic mass is 32.2. The molecular weight excluding hydrogens is 420 g/mol. The number of thiophene rings is 1. The Morgan fingerprint density at radius 1 is 1.14 bits per heavy atom. The molecule has 1 atom stereocenters. The van der Waals surface area contributed by atoms with Gasteiger partial charge in [0.15, 0.2) is 9.84 Å². The van der Waals surface area contributed by atoms with Gasteiger partial charge in [0, 0.05) is 19.3 Å². The van der Waals surface area contributed by atoms with Gasteiger partial charge in [0.2, 0.25) is 5.91 Å². The quantitative estimate of drug-likeness (QED) is 0.704. The summed E-state index contributed by atoms with van der Waals surface area (Å²) in [4.78, 5) is 12.6. The second kappa shape index (κ2) is 8.32. The van der Waals surface area contributed by atoms with Gasteiger partial charge in [0.05, 0.1) is 5.75 Å². The molecule has 2 aromatic rings. The van der Waals surface area contributed by atoms with Crippen molar-refractivity contribution in [3.8, 4) is 0 Å². The van der Waals surface area contributed by atoms with Gasteiger partial charge in [-0.2, -0.15) is 4.31 Å². The first-order chi connectivity index (χ1) is 13.2. The molecule has 1 saturated heterocycles. The number of carbonyl (C=O) groups excluding carboxylic acids is 1. The van der Waals surface area contributed by atoms with E-state index in [1.165, 1.54) is 10.6 Å². The minimum atomic E-state index is -3.66. The van der Waals surface area contributed by atoms with Crippen molar-refractivity contribution in [1.82, 2.24) is 9.62 Å². The molecule has 3 rings (SSSR count). The summed E-state index contributed by atoms with van der Waals surface area (Å²) in [6.07, 6.45) is 2.31. The van der Waals surface area contributed by atoms with E-state index in [1.54, 1.807) is 41.8 Å². The van der Waals surface area contributed by atoms with E-state index in [-0.39, 0.29) is 22.4 Å². The highest BCUT2D eigenvalue weighted by Crippen LogP contribution is 2.28. The Morgan fingerprint density at radius 2 is 1.82 bits per heavy atom. The van der Waals surface area contributed by atoms with Crippen LogP contribution in [0.4, 0.5) is 0 Å². The molecule has 0 spiro atoms. The van der Waals surface area contributed by atoms with Gasteiger partial charge in [0.1, 0.15) is 10.3 Å². The molecule has 1 N–H and O–H groups in total. The predicted molar refractivity (Wildman–Crippen MR) is 108 cm³/mol. The van der Waals surface area contributed by atoms with Crippen LogP contribution in [0.15, 0.2) is 46.0 Å². The summed E-state index contributed by atoms with van der Waals surface area (Å²) >= 11 is 1.14. The number of hydrogen-bond donors (Lipinski definition) is 1. The van der Waals surface area contributed by atoms with Crippen LogP contribution in [-0.4, -0.2) is 45.9 Å². The van der Waals surface area contributed by atoms with Crippen LogP contribution in [0.1, 0.15) is 24.0 Å². The molecule has 0 radical (unpaired) electrons. The summed E-state index contributed by atoms with van der Waals surface area (Å²) in [5.41, 5.74) is 1.50. The van der Waals surface area contributed by atoms with Crippen LogP contribution >= 0.6 is 11.3 Å². The number of benzene rings is 1. The minimum absolute atomic E-state index is 0.0305. The summed E-state index contributed by atoms with van der Waals surface area (Å²) in [7, 11) is -6.76. The van der Waals surface area contributed by atoms with E-state index in [2.05, 4.69) is 5.32 Å². The lowest BCUT2D eigenvalue weighted by Crippen LogP contribution is -2.45. The summed E-state index contributed by atoms with van der Waals surface area (Å²) in [6, 6.07) is 9.46. The zero-order valence-electron chi connectivity index (χ0n) is 15.4. The van der Waals surface area contributed by atoms with Gasteiger partial charge in [0.25, 0.3) is 10.0 Å². The summed E-state index contributed by atoms with van der Waals surface area (Å²) in [5, 5.41) is 4.50. The number of sulfone groups is 1. The van der Waals surface area contributed by atoms with E-state index in [0.29, 0.717) is 24.9 Å². The maximum Gasteiger partial charge on any atom is 0.253 e. The Morgan fingerprint density at radius 3 is 2.43 bits per heavy atom. The minimum Gasteiger partial charge on any atom is -0.351 e. The van der Waals surface area contributed by atoms with E-state index in [4.69, 9.17) is 0 Å². The van der Waals surface area contributed by atoms with Crippen molar-refractivity contribution in [2.45, 2.75) is 35.4 Å². The molecule has 1 aromatic carbocycles. The molecule has 0 bridgehead atoms. The van der Waals surface area contributed by atoms with Gasteiger partial charge in [-0.1, -0.05) is 30.3 Å². The number of nitrogens with one attached hydrogen (secondary N) is 1. The first-order valence-electron chi connectivity index (χ1n) is 8.75. The Hall–Kier alpha value is -1.75. The van der Waals surface area contributed by atoms with Crippen LogP contribution in [0.25, 0.3) is 0 Å². The summed E-state index contributed by atoms with van der Waals surface area (Å²) < 4.78 is 49.7. The number of carbonyl (C=O) groups is 1. The molecule has 1 amide bonds. The Bertz CT molecular complexity index is 1030. The van der Waals surface area contributed by atoms with Crippen molar-refractivity contribution in [2.75, 3.05) is 12.8 Å². The van der Waals surface area contributed by atoms with Gasteiger partial charge in [-0.25, -0.2) is 16.8 Å². The van der Waals surface area contributed by atoms with Crippen LogP contribution in [0.3, 0.4) is 0 Å². The molecule has 2 heterocycles. The van der Waals surface area contributed by atoms with Gasteiger partial charge in [-0.3, -0.25) is 4.79 Å². The van der Waals surface area contributed by atoms with Gasteiger partial charge in [-0.05, 0) is 35.4 Å². The summed E-state index contributed by atoms with van der Waals surface area (Å²) in [6.45, 7) is 0.583. The van der Waals surface area contributed by atoms with Crippen LogP contribution in [0, 0.1) is 0 Å². The number of rotatable bonds is 7. The molecule has 152 valence electrons. The lowest BCUT2D eigenvalue weighted by atomic mass is 10.1. The third-order valence-electron chi connectivity index (χ3n) is 4.48. The fourth-order valence-corrected chi connectivity index (χ4v) is 6.75. The van der Waals surface area contributed by atoms with Gasteiger partial charge >= 0.3 is 0 Å². The first-order valence-corrected chi connectivity index (χ1v) is 13.1. The number of nitrogens with zero attached hydrogens (tertiary/aromatic N) is 1. The molecule has 10 heteroatoms. The van der Waals surface area contributed by atoms with E-state index in [0.717, 1.165) is 16.9 Å². The molecule has 1 fully saturated rings. The Balaban J connectivity index is 1.63. The predicted octanol–water partition coefficient (Wildman–Crippen LogP) is 1.76. The third kappa shape index (κ3) is 4.99. The number of sulfonamides is 1. The highest BCUT2D eigenvalue weighted by molar-refractivity contribution is 7.91. The molecule has 1 aromatic heterocycles. The van der Waals surface area contributed by atoms with E-state index >= 15 is 0 Å². The lowest BCUT2D eigenvalue weighted by molar-refractivity contribution is -0.124. The van der Waals surface area contributed by atoms with Gasteiger partial charge in [-0.15, -0.1) is 11.3 Å². The number of hydrogen-bond acceptors (Lipinski definition) is 6. The second-order valence-electron chi connectivity index (χ2n) is 6.81. The fourth-order valence-electron chi connectivity index (χ4n) is 3.18. The smallest absolute Gasteiger partial charge is 0.253 e. The largest absolute Gasteiger partial charge is 0.351 e. The molecule has 1 aliphatic heterocycles. The van der Waals surface area contributed by atoms with Crippen molar-refractivity contribution in [3.63, 3.8) is 0 Å². The average molecular weight is 443 g/mol. The maximum absolute atomic E-state index is 12.7. The Labute approximate surface area is 169 Å². The van der Waals surface area contributed by atoms with E-state index in [9.17, 15) is 21.6 Å². The van der Waals surface area contributed by atoms with Crippen molar-refractivity contribution >= 4 is 37.1 Å². The molecule has 28 heavy (non-hydrogen) atoms. The zero-order chi connectivity index (χ0) is 20.4. The molecule has 0 saturated carbocycles. The zero-order valence-corrected chi connectivity index (χ0v) is 17.8. The molecule has 1 aliphatic rings. The molecule has 0 aliphatic carbocycles. The lowest BCUT2D eigenvalue weighted by Gasteiger charge is -2.22. The third-order valence-corrected chi connectivity index (χ3v) is 8.62. The maximum atomic E-state index is 12.7. The highest BCUT2D eigenvalue weighted by Gasteiger charge is 2.39. The molecular formula is C18H22N2O5S3. The number of amides is 1. The van der Waals surface area contributed by atoms with Crippen LogP contribution < -0.4 is 5.32 Å². The van der Waals surface area contributed by atoms with Crippen LogP contribution in [0.2, 0.25) is 0 Å². The van der Waals surface area contributed by atoms with Gasteiger partial charge < -0.3 is 5.32 Å². The van der Waals surface area contributed by atoms with E-state index < -0.39 is 25.9 Å². The van der Waals surface area contributed by atoms with Crippen molar-refractivity contribution in [1.29, 1.82) is 0 Å². The van der Waals surface area contributed by atoms with E-state index in [1.807, 2.05) is 0 Å². The first kappa shape index (κ1) is 21.0. The monoisotopic (exact) mass is 442 g/mol. The topological polar surface area (TPSA) is 101 Å². The summed E-state index contributed by atoms with van der Waals surface area (Å²) in [5.74, 6) is -0.352.